The van der Waals surface area contributed by atoms with Crippen LogP contribution < -0.4 is 5.32 Å². The zero-order valence-electron chi connectivity index (χ0n) is 24.3. The Balaban J connectivity index is 1.23. The molecule has 0 spiro atoms. The number of aromatic nitrogens is 3. The lowest BCUT2D eigenvalue weighted by atomic mass is 10.2. The predicted octanol–water partition coefficient (Wildman–Crippen LogP) is 5.04. The SMILES string of the molecule is CN(C)C(=O)c1cc2cnc(Nc3ccc(CN4CCN(C(=O)OC(C)(C)C)CC4)cc3)nc2n1C1CCCC1. The first-order valence-corrected chi connectivity index (χ1v) is 14.2. The van der Waals surface area contributed by atoms with Crippen molar-refractivity contribution in [1.29, 1.82) is 0 Å². The van der Waals surface area contributed by atoms with Crippen LogP contribution in [0.2, 0.25) is 0 Å². The molecule has 1 aliphatic carbocycles. The van der Waals surface area contributed by atoms with Crippen molar-refractivity contribution in [3.8, 4) is 0 Å². The number of carbonyl (C=O) groups excluding carboxylic acids is 2. The number of rotatable bonds is 6. The number of benzene rings is 1. The van der Waals surface area contributed by atoms with E-state index in [1.54, 1.807) is 30.1 Å². The molecule has 2 aromatic heterocycles. The number of piperazine rings is 1. The maximum absolute atomic E-state index is 13.0. The Labute approximate surface area is 236 Å². The van der Waals surface area contributed by atoms with Gasteiger partial charge in [-0.05, 0) is 57.4 Å². The highest BCUT2D eigenvalue weighted by Crippen LogP contribution is 2.35. The molecule has 0 atom stereocenters. The molecule has 1 saturated heterocycles. The molecule has 2 aliphatic rings. The van der Waals surface area contributed by atoms with E-state index in [9.17, 15) is 9.59 Å². The second kappa shape index (κ2) is 11.4. The zero-order chi connectivity index (χ0) is 28.4. The van der Waals surface area contributed by atoms with Crippen LogP contribution in [0, 0.1) is 0 Å². The number of anilines is 2. The van der Waals surface area contributed by atoms with Crippen molar-refractivity contribution >= 4 is 34.7 Å². The Morgan fingerprint density at radius 3 is 2.35 bits per heavy atom. The van der Waals surface area contributed by atoms with Crippen LogP contribution in [0.5, 0.6) is 0 Å². The van der Waals surface area contributed by atoms with E-state index in [1.807, 2.05) is 39.0 Å². The van der Waals surface area contributed by atoms with E-state index in [-0.39, 0.29) is 18.0 Å². The van der Waals surface area contributed by atoms with Gasteiger partial charge < -0.3 is 24.4 Å². The molecule has 5 rings (SSSR count). The maximum atomic E-state index is 13.0. The fourth-order valence-corrected chi connectivity index (χ4v) is 5.49. The predicted molar refractivity (Wildman–Crippen MR) is 156 cm³/mol. The fraction of sp³-hybridized carbons (Fsp3) is 0.533. The molecule has 1 N–H and O–H groups in total. The third-order valence-electron chi connectivity index (χ3n) is 7.53. The highest BCUT2D eigenvalue weighted by Gasteiger charge is 2.27. The highest BCUT2D eigenvalue weighted by atomic mass is 16.6. The quantitative estimate of drug-likeness (QED) is 0.462. The summed E-state index contributed by atoms with van der Waals surface area (Å²) >= 11 is 0. The van der Waals surface area contributed by atoms with E-state index in [1.165, 1.54) is 18.4 Å². The smallest absolute Gasteiger partial charge is 0.410 e. The molecule has 214 valence electrons. The van der Waals surface area contributed by atoms with Gasteiger partial charge in [-0.2, -0.15) is 4.98 Å². The van der Waals surface area contributed by atoms with Gasteiger partial charge in [0.15, 0.2) is 0 Å². The van der Waals surface area contributed by atoms with Gasteiger partial charge in [0, 0.05) is 70.1 Å². The van der Waals surface area contributed by atoms with E-state index >= 15 is 0 Å². The van der Waals surface area contributed by atoms with Crippen LogP contribution in [0.4, 0.5) is 16.4 Å². The van der Waals surface area contributed by atoms with Crippen molar-refractivity contribution in [2.75, 3.05) is 45.6 Å². The van der Waals surface area contributed by atoms with E-state index in [0.29, 0.717) is 24.7 Å². The first kappa shape index (κ1) is 27.9. The molecule has 2 amide bonds. The molecule has 10 nitrogen and oxygen atoms in total. The molecule has 1 saturated carbocycles. The van der Waals surface area contributed by atoms with Gasteiger partial charge in [0.25, 0.3) is 5.91 Å². The topological polar surface area (TPSA) is 95.8 Å². The van der Waals surface area contributed by atoms with Crippen LogP contribution >= 0.6 is 0 Å². The monoisotopic (exact) mass is 547 g/mol. The molecule has 0 unspecified atom stereocenters. The van der Waals surface area contributed by atoms with Gasteiger partial charge in [0.05, 0.1) is 0 Å². The zero-order valence-corrected chi connectivity index (χ0v) is 24.3. The summed E-state index contributed by atoms with van der Waals surface area (Å²) in [6, 6.07) is 10.5. The number of amides is 2. The maximum Gasteiger partial charge on any atom is 0.410 e. The summed E-state index contributed by atoms with van der Waals surface area (Å²) in [7, 11) is 3.57. The van der Waals surface area contributed by atoms with Crippen molar-refractivity contribution < 1.29 is 14.3 Å². The molecular weight excluding hydrogens is 506 g/mol. The van der Waals surface area contributed by atoms with Gasteiger partial charge in [-0.25, -0.2) is 9.78 Å². The minimum atomic E-state index is -0.477. The van der Waals surface area contributed by atoms with Crippen molar-refractivity contribution in [3.05, 3.63) is 47.8 Å². The molecule has 1 aromatic carbocycles. The van der Waals surface area contributed by atoms with Gasteiger partial charge in [-0.1, -0.05) is 25.0 Å². The number of fused-ring (bicyclic) bond motifs is 1. The minimum absolute atomic E-state index is 0.0127. The summed E-state index contributed by atoms with van der Waals surface area (Å²) in [4.78, 5) is 40.4. The van der Waals surface area contributed by atoms with Gasteiger partial charge in [-0.3, -0.25) is 9.69 Å². The Morgan fingerprint density at radius 1 is 1.05 bits per heavy atom. The minimum Gasteiger partial charge on any atom is -0.444 e. The molecule has 3 heterocycles. The lowest BCUT2D eigenvalue weighted by Crippen LogP contribution is -2.49. The van der Waals surface area contributed by atoms with Crippen LogP contribution in [-0.2, 0) is 11.3 Å². The number of hydrogen-bond donors (Lipinski definition) is 1. The molecule has 1 aliphatic heterocycles. The summed E-state index contributed by atoms with van der Waals surface area (Å²) in [5, 5.41) is 4.22. The van der Waals surface area contributed by atoms with E-state index in [2.05, 4.69) is 31.9 Å². The molecule has 0 bridgehead atoms. The Morgan fingerprint density at radius 2 is 1.73 bits per heavy atom. The van der Waals surface area contributed by atoms with Crippen LogP contribution in [-0.4, -0.2) is 87.1 Å². The number of carbonyl (C=O) groups is 2. The average molecular weight is 548 g/mol. The van der Waals surface area contributed by atoms with Crippen molar-refractivity contribution in [2.24, 2.45) is 0 Å². The third kappa shape index (κ3) is 6.38. The Bertz CT molecular complexity index is 1350. The molecule has 3 aromatic rings. The molecule has 0 radical (unpaired) electrons. The van der Waals surface area contributed by atoms with E-state index < -0.39 is 5.60 Å². The van der Waals surface area contributed by atoms with Gasteiger partial charge >= 0.3 is 6.09 Å². The summed E-state index contributed by atoms with van der Waals surface area (Å²) in [6.45, 7) is 9.45. The highest BCUT2D eigenvalue weighted by molar-refractivity contribution is 5.97. The number of hydrogen-bond acceptors (Lipinski definition) is 7. The second-order valence-corrected chi connectivity index (χ2v) is 12.1. The van der Waals surface area contributed by atoms with Crippen LogP contribution in [0.15, 0.2) is 36.5 Å². The third-order valence-corrected chi connectivity index (χ3v) is 7.53. The second-order valence-electron chi connectivity index (χ2n) is 12.1. The summed E-state index contributed by atoms with van der Waals surface area (Å²) in [5.74, 6) is 0.501. The van der Waals surface area contributed by atoms with Crippen molar-refractivity contribution in [1.82, 2.24) is 29.2 Å². The normalized spacial score (nSPS) is 16.9. The van der Waals surface area contributed by atoms with Crippen molar-refractivity contribution in [2.45, 2.75) is 64.6 Å². The first-order chi connectivity index (χ1) is 19.1. The number of ether oxygens (including phenoxy) is 1. The van der Waals surface area contributed by atoms with Gasteiger partial charge in [0.1, 0.15) is 16.9 Å². The number of nitrogens with one attached hydrogen (secondary N) is 1. The first-order valence-electron chi connectivity index (χ1n) is 14.2. The van der Waals surface area contributed by atoms with E-state index in [0.717, 1.165) is 49.2 Å². The van der Waals surface area contributed by atoms with Crippen LogP contribution in [0.3, 0.4) is 0 Å². The largest absolute Gasteiger partial charge is 0.444 e. The Hall–Kier alpha value is -3.66. The number of nitrogens with zero attached hydrogens (tertiary/aromatic N) is 6. The van der Waals surface area contributed by atoms with Crippen molar-refractivity contribution in [3.63, 3.8) is 0 Å². The standard InChI is InChI=1S/C30H41N7O3/c1-30(2,3)40-29(39)36-16-14-35(15-17-36)20-21-10-12-23(13-11-21)32-28-31-19-22-18-25(27(38)34(4)5)37(26(22)33-28)24-8-6-7-9-24/h10-13,18-19,24H,6-9,14-17,20H2,1-5H3,(H,31,32,33). The fourth-order valence-electron chi connectivity index (χ4n) is 5.49. The lowest BCUT2D eigenvalue weighted by Gasteiger charge is -2.35. The summed E-state index contributed by atoms with van der Waals surface area (Å²) in [5.41, 5.74) is 3.11. The van der Waals surface area contributed by atoms with Gasteiger partial charge in [-0.15, -0.1) is 0 Å². The van der Waals surface area contributed by atoms with Crippen LogP contribution in [0.1, 0.15) is 68.5 Å². The van der Waals surface area contributed by atoms with Crippen LogP contribution in [0.25, 0.3) is 11.0 Å². The molecular formula is C30H41N7O3. The Kier molecular flexibility index (Phi) is 7.98. The van der Waals surface area contributed by atoms with Gasteiger partial charge in [0.2, 0.25) is 5.95 Å². The summed E-state index contributed by atoms with van der Waals surface area (Å²) < 4.78 is 7.63. The average Bonchev–Trinajstić information content (AvgIpc) is 3.56. The molecule has 40 heavy (non-hydrogen) atoms. The lowest BCUT2D eigenvalue weighted by molar-refractivity contribution is 0.0139. The molecule has 10 heteroatoms. The molecule has 2 fully saturated rings. The van der Waals surface area contributed by atoms with E-state index in [4.69, 9.17) is 9.72 Å². The summed E-state index contributed by atoms with van der Waals surface area (Å²) in [6.07, 6.45) is 6.01.